The second-order valence-electron chi connectivity index (χ2n) is 3.80. The van der Waals surface area contributed by atoms with Crippen LogP contribution in [0.25, 0.3) is 0 Å². The fourth-order valence-electron chi connectivity index (χ4n) is 1.36. The third kappa shape index (κ3) is 3.71. The fourth-order valence-corrected chi connectivity index (χ4v) is 1.36. The number of anilines is 1. The Hall–Kier alpha value is -1.60. The monoisotopic (exact) mass is 261 g/mol. The standard InChI is InChI=1S/C11H14F3N3O/c1-17(5-4-15)6-9(18)16-8-3-2-7(12)10(13)11(8)14/h2-3H,4-6,15H2,1H3,(H,16,18). The Morgan fingerprint density at radius 2 is 2.00 bits per heavy atom. The molecule has 0 aliphatic rings. The fraction of sp³-hybridized carbons (Fsp3) is 0.364. The van der Waals surface area contributed by atoms with E-state index in [1.165, 1.54) is 0 Å². The molecule has 1 aromatic rings. The van der Waals surface area contributed by atoms with Gasteiger partial charge in [-0.3, -0.25) is 9.69 Å². The predicted molar refractivity (Wildman–Crippen MR) is 61.5 cm³/mol. The number of amides is 1. The number of carbonyl (C=O) groups is 1. The number of likely N-dealkylation sites (N-methyl/N-ethyl adjacent to an activating group) is 1. The third-order valence-corrected chi connectivity index (χ3v) is 2.23. The van der Waals surface area contributed by atoms with Crippen LogP contribution in [0, 0.1) is 17.5 Å². The maximum atomic E-state index is 13.2. The summed E-state index contributed by atoms with van der Waals surface area (Å²) in [6.07, 6.45) is 0. The average Bonchev–Trinajstić information content (AvgIpc) is 2.30. The number of rotatable bonds is 5. The summed E-state index contributed by atoms with van der Waals surface area (Å²) in [4.78, 5) is 13.1. The Balaban J connectivity index is 2.68. The van der Waals surface area contributed by atoms with Crippen molar-refractivity contribution in [1.82, 2.24) is 4.90 Å². The zero-order valence-electron chi connectivity index (χ0n) is 9.84. The van der Waals surface area contributed by atoms with Crippen LogP contribution in [-0.2, 0) is 4.79 Å². The van der Waals surface area contributed by atoms with E-state index < -0.39 is 23.4 Å². The van der Waals surface area contributed by atoms with Crippen molar-refractivity contribution >= 4 is 11.6 Å². The molecule has 0 heterocycles. The van der Waals surface area contributed by atoms with Crippen molar-refractivity contribution in [3.8, 4) is 0 Å². The molecule has 1 amide bonds. The minimum atomic E-state index is -1.61. The Kier molecular flexibility index (Phi) is 5.11. The van der Waals surface area contributed by atoms with Crippen LogP contribution in [0.4, 0.5) is 18.9 Å². The van der Waals surface area contributed by atoms with Crippen molar-refractivity contribution < 1.29 is 18.0 Å². The summed E-state index contributed by atoms with van der Waals surface area (Å²) in [5.74, 6) is -4.85. The molecule has 1 aromatic carbocycles. The molecule has 0 aromatic heterocycles. The summed E-state index contributed by atoms with van der Waals surface area (Å²) in [7, 11) is 1.66. The van der Waals surface area contributed by atoms with Crippen LogP contribution in [-0.4, -0.2) is 37.5 Å². The van der Waals surface area contributed by atoms with E-state index >= 15 is 0 Å². The highest BCUT2D eigenvalue weighted by molar-refractivity contribution is 5.92. The second-order valence-corrected chi connectivity index (χ2v) is 3.80. The van der Waals surface area contributed by atoms with Crippen LogP contribution >= 0.6 is 0 Å². The molecule has 0 radical (unpaired) electrons. The number of hydrogen-bond donors (Lipinski definition) is 2. The van der Waals surface area contributed by atoms with Crippen molar-refractivity contribution in [1.29, 1.82) is 0 Å². The van der Waals surface area contributed by atoms with E-state index in [1.54, 1.807) is 11.9 Å². The van der Waals surface area contributed by atoms with Crippen molar-refractivity contribution in [3.05, 3.63) is 29.6 Å². The molecule has 0 saturated heterocycles. The van der Waals surface area contributed by atoms with Crippen molar-refractivity contribution in [2.24, 2.45) is 5.73 Å². The quantitative estimate of drug-likeness (QED) is 0.775. The van der Waals surface area contributed by atoms with Crippen LogP contribution in [0.15, 0.2) is 12.1 Å². The lowest BCUT2D eigenvalue weighted by Crippen LogP contribution is -2.33. The molecule has 0 bridgehead atoms. The number of nitrogens with two attached hydrogens (primary N) is 1. The molecule has 4 nitrogen and oxygen atoms in total. The Labute approximate surface area is 103 Å². The van der Waals surface area contributed by atoms with Crippen LogP contribution in [0.5, 0.6) is 0 Å². The summed E-state index contributed by atoms with van der Waals surface area (Å²) in [6, 6.07) is 1.71. The van der Waals surface area contributed by atoms with E-state index in [4.69, 9.17) is 5.73 Å². The lowest BCUT2D eigenvalue weighted by atomic mass is 10.2. The van der Waals surface area contributed by atoms with Crippen LogP contribution in [0.1, 0.15) is 0 Å². The molecule has 0 saturated carbocycles. The number of nitrogens with one attached hydrogen (secondary N) is 1. The molecule has 0 fully saturated rings. The normalized spacial score (nSPS) is 10.8. The molecule has 0 aliphatic carbocycles. The third-order valence-electron chi connectivity index (χ3n) is 2.23. The summed E-state index contributed by atoms with van der Waals surface area (Å²) in [5, 5.41) is 2.16. The molecule has 7 heteroatoms. The summed E-state index contributed by atoms with van der Waals surface area (Å²) < 4.78 is 38.8. The van der Waals surface area contributed by atoms with E-state index in [0.717, 1.165) is 12.1 Å². The first-order chi connectivity index (χ1) is 8.45. The van der Waals surface area contributed by atoms with E-state index in [0.29, 0.717) is 13.1 Å². The number of nitrogens with zero attached hydrogens (tertiary/aromatic N) is 1. The van der Waals surface area contributed by atoms with Crippen molar-refractivity contribution in [3.63, 3.8) is 0 Å². The number of halogens is 3. The van der Waals surface area contributed by atoms with Crippen molar-refractivity contribution in [2.75, 3.05) is 32.0 Å². The molecule has 1 rings (SSSR count). The summed E-state index contributed by atoms with van der Waals surface area (Å²) >= 11 is 0. The van der Waals surface area contributed by atoms with Gasteiger partial charge in [-0.2, -0.15) is 0 Å². The van der Waals surface area contributed by atoms with Gasteiger partial charge in [0.15, 0.2) is 17.5 Å². The molecular weight excluding hydrogens is 247 g/mol. The first-order valence-electron chi connectivity index (χ1n) is 5.27. The molecule has 0 aliphatic heterocycles. The smallest absolute Gasteiger partial charge is 0.238 e. The van der Waals surface area contributed by atoms with Gasteiger partial charge in [-0.15, -0.1) is 0 Å². The Morgan fingerprint density at radius 3 is 2.61 bits per heavy atom. The van der Waals surface area contributed by atoms with E-state index in [1.807, 2.05) is 0 Å². The molecule has 3 N–H and O–H groups in total. The van der Waals surface area contributed by atoms with Gasteiger partial charge in [-0.25, -0.2) is 13.2 Å². The SMILES string of the molecule is CN(CCN)CC(=O)Nc1ccc(F)c(F)c1F. The Bertz CT molecular complexity index is 440. The molecule has 0 unspecified atom stereocenters. The van der Waals surface area contributed by atoms with E-state index in [9.17, 15) is 18.0 Å². The maximum Gasteiger partial charge on any atom is 0.238 e. The van der Waals surface area contributed by atoms with Gasteiger partial charge in [0.05, 0.1) is 12.2 Å². The largest absolute Gasteiger partial charge is 0.329 e. The average molecular weight is 261 g/mol. The van der Waals surface area contributed by atoms with Crippen molar-refractivity contribution in [2.45, 2.75) is 0 Å². The lowest BCUT2D eigenvalue weighted by molar-refractivity contribution is -0.117. The highest BCUT2D eigenvalue weighted by atomic mass is 19.2. The number of hydrogen-bond acceptors (Lipinski definition) is 3. The van der Waals surface area contributed by atoms with Gasteiger partial charge < -0.3 is 11.1 Å². The van der Waals surface area contributed by atoms with Crippen LogP contribution in [0.2, 0.25) is 0 Å². The van der Waals surface area contributed by atoms with Gasteiger partial charge in [0.2, 0.25) is 5.91 Å². The van der Waals surface area contributed by atoms with Gasteiger partial charge in [-0.1, -0.05) is 0 Å². The summed E-state index contributed by atoms with van der Waals surface area (Å²) in [5.41, 5.74) is 4.90. The molecule has 0 atom stereocenters. The van der Waals surface area contributed by atoms with Gasteiger partial charge in [0.25, 0.3) is 0 Å². The van der Waals surface area contributed by atoms with E-state index in [-0.39, 0.29) is 12.2 Å². The zero-order valence-corrected chi connectivity index (χ0v) is 9.84. The predicted octanol–water partition coefficient (Wildman–Crippen LogP) is 0.933. The van der Waals surface area contributed by atoms with Gasteiger partial charge in [-0.05, 0) is 19.2 Å². The molecule has 18 heavy (non-hydrogen) atoms. The first-order valence-corrected chi connectivity index (χ1v) is 5.27. The highest BCUT2D eigenvalue weighted by Gasteiger charge is 2.15. The molecular formula is C11H14F3N3O. The number of carbonyl (C=O) groups excluding carboxylic acids is 1. The van der Waals surface area contributed by atoms with Gasteiger partial charge >= 0.3 is 0 Å². The topological polar surface area (TPSA) is 58.4 Å². The lowest BCUT2D eigenvalue weighted by Gasteiger charge is -2.15. The van der Waals surface area contributed by atoms with Gasteiger partial charge in [0, 0.05) is 13.1 Å². The van der Waals surface area contributed by atoms with Crippen LogP contribution in [0.3, 0.4) is 0 Å². The highest BCUT2D eigenvalue weighted by Crippen LogP contribution is 2.19. The van der Waals surface area contributed by atoms with Gasteiger partial charge in [0.1, 0.15) is 0 Å². The summed E-state index contributed by atoms with van der Waals surface area (Å²) in [6.45, 7) is 0.854. The minimum absolute atomic E-state index is 0.0182. The van der Waals surface area contributed by atoms with E-state index in [2.05, 4.69) is 5.32 Å². The minimum Gasteiger partial charge on any atom is -0.329 e. The molecule has 0 spiro atoms. The zero-order chi connectivity index (χ0) is 13.7. The van der Waals surface area contributed by atoms with Crippen LogP contribution < -0.4 is 11.1 Å². The Morgan fingerprint density at radius 1 is 1.33 bits per heavy atom. The maximum absolute atomic E-state index is 13.2. The first kappa shape index (κ1) is 14.5. The number of benzene rings is 1. The second kappa shape index (κ2) is 6.36. The molecule has 100 valence electrons.